The Labute approximate surface area is 123 Å². The SMILES string of the molecule is C=C\C(O)=C/C(=C\C)/N=N/c1ccc(N)c2ccccc12. The lowest BCUT2D eigenvalue weighted by Crippen LogP contribution is -1.86. The summed E-state index contributed by atoms with van der Waals surface area (Å²) in [6.45, 7) is 5.31. The van der Waals surface area contributed by atoms with E-state index in [-0.39, 0.29) is 5.76 Å². The molecule has 0 radical (unpaired) electrons. The van der Waals surface area contributed by atoms with Gasteiger partial charge >= 0.3 is 0 Å². The zero-order valence-electron chi connectivity index (χ0n) is 11.8. The van der Waals surface area contributed by atoms with E-state index in [0.717, 1.165) is 16.5 Å². The van der Waals surface area contributed by atoms with Gasteiger partial charge in [0.1, 0.15) is 5.76 Å². The molecule has 4 heteroatoms. The highest BCUT2D eigenvalue weighted by Gasteiger charge is 2.02. The van der Waals surface area contributed by atoms with Crippen molar-refractivity contribution in [1.82, 2.24) is 0 Å². The Bertz CT molecular complexity index is 758. The Balaban J connectivity index is 2.42. The summed E-state index contributed by atoms with van der Waals surface area (Å²) in [7, 11) is 0. The van der Waals surface area contributed by atoms with Crippen molar-refractivity contribution in [3.8, 4) is 0 Å². The Morgan fingerprint density at radius 3 is 2.57 bits per heavy atom. The summed E-state index contributed by atoms with van der Waals surface area (Å²) in [4.78, 5) is 0. The monoisotopic (exact) mass is 279 g/mol. The van der Waals surface area contributed by atoms with Gasteiger partial charge in [-0.25, -0.2) is 0 Å². The van der Waals surface area contributed by atoms with Crippen molar-refractivity contribution in [2.24, 2.45) is 10.2 Å². The average molecular weight is 279 g/mol. The second-order valence-electron chi connectivity index (χ2n) is 4.41. The largest absolute Gasteiger partial charge is 0.508 e. The van der Waals surface area contributed by atoms with Crippen LogP contribution >= 0.6 is 0 Å². The third-order valence-electron chi connectivity index (χ3n) is 3.01. The number of allylic oxidation sites excluding steroid dienone is 3. The Hall–Kier alpha value is -2.88. The maximum atomic E-state index is 9.45. The maximum absolute atomic E-state index is 9.45. The van der Waals surface area contributed by atoms with Crippen molar-refractivity contribution in [3.63, 3.8) is 0 Å². The second kappa shape index (κ2) is 6.52. The predicted molar refractivity (Wildman–Crippen MR) is 87.5 cm³/mol. The molecule has 106 valence electrons. The molecule has 0 bridgehead atoms. The first-order valence-electron chi connectivity index (χ1n) is 6.54. The average Bonchev–Trinajstić information content (AvgIpc) is 2.53. The van der Waals surface area contributed by atoms with Crippen LogP contribution in [0.4, 0.5) is 11.4 Å². The first kappa shape index (κ1) is 14.5. The number of benzene rings is 2. The van der Waals surface area contributed by atoms with E-state index in [2.05, 4.69) is 16.8 Å². The first-order valence-corrected chi connectivity index (χ1v) is 6.54. The molecule has 0 aromatic heterocycles. The molecule has 2 aromatic carbocycles. The minimum absolute atomic E-state index is 0.0456. The number of hydrogen-bond acceptors (Lipinski definition) is 4. The molecule has 0 aliphatic rings. The quantitative estimate of drug-likeness (QED) is 0.356. The number of fused-ring (bicyclic) bond motifs is 1. The zero-order chi connectivity index (χ0) is 15.2. The highest BCUT2D eigenvalue weighted by Crippen LogP contribution is 2.30. The van der Waals surface area contributed by atoms with Crippen LogP contribution in [0, 0.1) is 0 Å². The molecule has 4 nitrogen and oxygen atoms in total. The highest BCUT2D eigenvalue weighted by atomic mass is 16.3. The van der Waals surface area contributed by atoms with Crippen LogP contribution in [0.5, 0.6) is 0 Å². The van der Waals surface area contributed by atoms with Crippen molar-refractivity contribution in [2.45, 2.75) is 6.92 Å². The number of nitrogens with two attached hydrogens (primary N) is 1. The van der Waals surface area contributed by atoms with Gasteiger partial charge in [0, 0.05) is 22.5 Å². The smallest absolute Gasteiger partial charge is 0.117 e. The summed E-state index contributed by atoms with van der Waals surface area (Å²) < 4.78 is 0. The van der Waals surface area contributed by atoms with E-state index in [1.165, 1.54) is 12.2 Å². The maximum Gasteiger partial charge on any atom is 0.117 e. The van der Waals surface area contributed by atoms with Crippen LogP contribution in [0.25, 0.3) is 10.8 Å². The molecule has 21 heavy (non-hydrogen) atoms. The van der Waals surface area contributed by atoms with E-state index < -0.39 is 0 Å². The molecule has 0 amide bonds. The van der Waals surface area contributed by atoms with Crippen LogP contribution in [0.2, 0.25) is 0 Å². The van der Waals surface area contributed by atoms with Gasteiger partial charge in [-0.1, -0.05) is 36.9 Å². The fourth-order valence-electron chi connectivity index (χ4n) is 1.89. The van der Waals surface area contributed by atoms with Crippen molar-refractivity contribution in [3.05, 3.63) is 72.7 Å². The van der Waals surface area contributed by atoms with Crippen molar-refractivity contribution >= 4 is 22.1 Å². The van der Waals surface area contributed by atoms with E-state index in [0.29, 0.717) is 11.4 Å². The molecule has 0 saturated heterocycles. The molecule has 3 N–H and O–H groups in total. The molecule has 2 aromatic rings. The predicted octanol–water partition coefficient (Wildman–Crippen LogP) is 5.04. The summed E-state index contributed by atoms with van der Waals surface area (Å²) >= 11 is 0. The van der Waals surface area contributed by atoms with E-state index >= 15 is 0 Å². The topological polar surface area (TPSA) is 71.0 Å². The Kier molecular flexibility index (Phi) is 4.51. The molecule has 0 atom stereocenters. The number of azo groups is 1. The standard InChI is InChI=1S/C17H17N3O/c1-3-12(11-13(21)4-2)19-20-17-10-9-16(18)14-7-5-6-8-15(14)17/h3-11,21H,2,18H2,1H3/b12-3+,13-11+,20-19+. The van der Waals surface area contributed by atoms with Crippen LogP contribution < -0.4 is 5.73 Å². The number of anilines is 1. The molecular weight excluding hydrogens is 262 g/mol. The molecular formula is C17H17N3O. The third kappa shape index (κ3) is 3.36. The van der Waals surface area contributed by atoms with Crippen molar-refractivity contribution in [1.29, 1.82) is 0 Å². The normalized spacial score (nSPS) is 13.0. The van der Waals surface area contributed by atoms with E-state index in [1.807, 2.05) is 43.3 Å². The van der Waals surface area contributed by atoms with Crippen LogP contribution in [0.1, 0.15) is 6.92 Å². The first-order chi connectivity index (χ1) is 10.2. The minimum Gasteiger partial charge on any atom is -0.508 e. The van der Waals surface area contributed by atoms with Crippen LogP contribution in [0.15, 0.2) is 82.9 Å². The highest BCUT2D eigenvalue weighted by molar-refractivity contribution is 5.99. The number of nitrogens with zero attached hydrogens (tertiary/aromatic N) is 2. The summed E-state index contributed by atoms with van der Waals surface area (Å²) in [6.07, 6.45) is 4.59. The third-order valence-corrected chi connectivity index (χ3v) is 3.01. The lowest BCUT2D eigenvalue weighted by Gasteiger charge is -2.04. The fraction of sp³-hybridized carbons (Fsp3) is 0.0588. The molecule has 0 heterocycles. The summed E-state index contributed by atoms with van der Waals surface area (Å²) in [5.74, 6) is 0.0456. The van der Waals surface area contributed by atoms with Gasteiger partial charge in [0.05, 0.1) is 11.4 Å². The fourth-order valence-corrected chi connectivity index (χ4v) is 1.89. The van der Waals surface area contributed by atoms with Gasteiger partial charge in [-0.3, -0.25) is 0 Å². The van der Waals surface area contributed by atoms with Gasteiger partial charge in [-0.2, -0.15) is 5.11 Å². The van der Waals surface area contributed by atoms with E-state index in [9.17, 15) is 5.11 Å². The summed E-state index contributed by atoms with van der Waals surface area (Å²) in [5.41, 5.74) is 7.94. The van der Waals surface area contributed by atoms with Gasteiger partial charge in [0.15, 0.2) is 0 Å². The number of hydrogen-bond donors (Lipinski definition) is 2. The molecule has 0 saturated carbocycles. The van der Waals surface area contributed by atoms with Gasteiger partial charge in [0.25, 0.3) is 0 Å². The molecule has 0 fully saturated rings. The Morgan fingerprint density at radius 2 is 1.90 bits per heavy atom. The lowest BCUT2D eigenvalue weighted by atomic mass is 10.1. The van der Waals surface area contributed by atoms with E-state index in [1.54, 1.807) is 6.08 Å². The van der Waals surface area contributed by atoms with E-state index in [4.69, 9.17) is 5.73 Å². The lowest BCUT2D eigenvalue weighted by molar-refractivity contribution is 0.432. The summed E-state index contributed by atoms with van der Waals surface area (Å²) in [5, 5.41) is 19.7. The number of aliphatic hydroxyl groups excluding tert-OH is 1. The van der Waals surface area contributed by atoms with Crippen LogP contribution in [-0.4, -0.2) is 5.11 Å². The van der Waals surface area contributed by atoms with Crippen molar-refractivity contribution in [2.75, 3.05) is 5.73 Å². The van der Waals surface area contributed by atoms with Crippen LogP contribution in [-0.2, 0) is 0 Å². The molecule has 2 rings (SSSR count). The molecule has 0 aliphatic heterocycles. The zero-order valence-corrected chi connectivity index (χ0v) is 11.8. The van der Waals surface area contributed by atoms with Crippen LogP contribution in [0.3, 0.4) is 0 Å². The molecule has 0 aliphatic carbocycles. The van der Waals surface area contributed by atoms with Gasteiger partial charge in [-0.15, -0.1) is 5.11 Å². The number of rotatable bonds is 4. The minimum atomic E-state index is 0.0456. The van der Waals surface area contributed by atoms with Gasteiger partial charge < -0.3 is 10.8 Å². The Morgan fingerprint density at radius 1 is 1.19 bits per heavy atom. The number of aliphatic hydroxyl groups is 1. The number of nitrogen functional groups attached to an aromatic ring is 1. The molecule has 0 spiro atoms. The van der Waals surface area contributed by atoms with Gasteiger partial charge in [0.2, 0.25) is 0 Å². The van der Waals surface area contributed by atoms with Gasteiger partial charge in [-0.05, 0) is 25.1 Å². The summed E-state index contributed by atoms with van der Waals surface area (Å²) in [6, 6.07) is 11.4. The molecule has 0 unspecified atom stereocenters. The van der Waals surface area contributed by atoms with Crippen molar-refractivity contribution < 1.29 is 5.11 Å². The second-order valence-corrected chi connectivity index (χ2v) is 4.41.